The second kappa shape index (κ2) is 62.3. The van der Waals surface area contributed by atoms with Crippen LogP contribution in [0.2, 0.25) is 0 Å². The Morgan fingerprint density at radius 2 is 0.570 bits per heavy atom. The summed E-state index contributed by atoms with van der Waals surface area (Å²) in [4.78, 5) is 37.5. The van der Waals surface area contributed by atoms with Gasteiger partial charge in [0.05, 0.1) is 40.3 Å². The lowest BCUT2D eigenvalue weighted by molar-refractivity contribution is -0.870. The van der Waals surface area contributed by atoms with Crippen LogP contribution in [0.3, 0.4) is 0 Å². The van der Waals surface area contributed by atoms with Gasteiger partial charge in [0, 0.05) is 12.8 Å². The summed E-state index contributed by atoms with van der Waals surface area (Å²) in [6.45, 7) is 4.84. The van der Waals surface area contributed by atoms with Gasteiger partial charge in [-0.15, -0.1) is 0 Å². The minimum atomic E-state index is -1.62. The van der Waals surface area contributed by atoms with E-state index in [9.17, 15) is 19.5 Å². The number of hydrogen-bond donors (Lipinski definition) is 0. The van der Waals surface area contributed by atoms with Gasteiger partial charge in [-0.25, -0.2) is 0 Å². The Balaban J connectivity index is 4.02. The average molecular weight is 1120 g/mol. The zero-order valence-corrected chi connectivity index (χ0v) is 53.8. The fraction of sp³-hybridized carbons (Fsp3) is 0.957. The van der Waals surface area contributed by atoms with Gasteiger partial charge in [0.15, 0.2) is 12.4 Å². The van der Waals surface area contributed by atoms with Crippen LogP contribution in [0.5, 0.6) is 0 Å². The molecule has 0 aromatic rings. The van der Waals surface area contributed by atoms with Gasteiger partial charge in [0.1, 0.15) is 13.2 Å². The van der Waals surface area contributed by atoms with Gasteiger partial charge < -0.3 is 33.3 Å². The lowest BCUT2D eigenvalue weighted by atomic mass is 10.0. The predicted molar refractivity (Wildman–Crippen MR) is 334 cm³/mol. The average Bonchev–Trinajstić information content (AvgIpc) is 3.42. The Hall–Kier alpha value is -1.71. The van der Waals surface area contributed by atoms with E-state index in [0.29, 0.717) is 17.4 Å². The third-order valence-corrected chi connectivity index (χ3v) is 16.4. The number of esters is 2. The number of likely N-dealkylation sites (N-methyl/N-ethyl adjacent to an activating group) is 1. The number of quaternary nitrogens is 1. The van der Waals surface area contributed by atoms with E-state index in [1.165, 1.54) is 308 Å². The van der Waals surface area contributed by atoms with Crippen LogP contribution in [0.4, 0.5) is 0 Å². The molecule has 9 heteroatoms. The highest BCUT2D eigenvalue weighted by atomic mass is 16.7. The van der Waals surface area contributed by atoms with Crippen LogP contribution in [0.25, 0.3) is 0 Å². The molecule has 0 aromatic heterocycles. The summed E-state index contributed by atoms with van der Waals surface area (Å²) in [5.41, 5.74) is 0. The zero-order valence-electron chi connectivity index (χ0n) is 53.8. The molecule has 0 aliphatic rings. The standard InChI is InChI=1S/C70H137NO8/c1-6-8-10-12-14-16-18-20-22-24-26-28-30-31-32-33-34-35-36-37-38-39-41-43-45-47-49-51-53-55-57-59-61-68(73)79-66(65-78-70(69(74)75)76-63-62-71(3,4)5)64-77-67(72)60-58-56-54-52-50-48-46-44-42-40-29-27-25-23-21-19-17-15-13-11-9-7-2/h66,70H,6-65H2,1-5H3. The van der Waals surface area contributed by atoms with Crippen LogP contribution in [-0.2, 0) is 33.3 Å². The first-order valence-corrected chi connectivity index (χ1v) is 35.2. The minimum absolute atomic E-state index is 0.154. The molecule has 0 aliphatic carbocycles. The van der Waals surface area contributed by atoms with E-state index in [-0.39, 0.29) is 32.2 Å². The molecular weight excluding hydrogens is 983 g/mol. The molecule has 2 unspecified atom stereocenters. The van der Waals surface area contributed by atoms with Gasteiger partial charge in [0.25, 0.3) is 0 Å². The summed E-state index contributed by atoms with van der Waals surface area (Å²) in [5.74, 6) is -2.24. The number of unbranched alkanes of at least 4 members (excludes halogenated alkanes) is 52. The van der Waals surface area contributed by atoms with E-state index < -0.39 is 24.3 Å². The van der Waals surface area contributed by atoms with Crippen LogP contribution >= 0.6 is 0 Å². The van der Waals surface area contributed by atoms with E-state index >= 15 is 0 Å². The molecule has 0 heterocycles. The van der Waals surface area contributed by atoms with Crippen LogP contribution in [0.1, 0.15) is 373 Å². The lowest BCUT2D eigenvalue weighted by Gasteiger charge is -2.26. The van der Waals surface area contributed by atoms with Crippen molar-refractivity contribution in [2.24, 2.45) is 0 Å². The van der Waals surface area contributed by atoms with Crippen LogP contribution in [0.15, 0.2) is 0 Å². The van der Waals surface area contributed by atoms with E-state index in [0.717, 1.165) is 38.5 Å². The Labute approximate surface area is 492 Å². The fourth-order valence-corrected chi connectivity index (χ4v) is 11.0. The molecule has 2 atom stereocenters. The van der Waals surface area contributed by atoms with Crippen molar-refractivity contribution < 1.29 is 42.9 Å². The molecule has 0 N–H and O–H groups in total. The van der Waals surface area contributed by atoms with Crippen molar-refractivity contribution in [3.05, 3.63) is 0 Å². The number of nitrogens with zero attached hydrogens (tertiary/aromatic N) is 1. The van der Waals surface area contributed by atoms with Gasteiger partial charge in [-0.1, -0.05) is 348 Å². The summed E-state index contributed by atoms with van der Waals surface area (Å²) in [6, 6.07) is 0. The summed E-state index contributed by atoms with van der Waals surface area (Å²) < 4.78 is 22.8. The number of hydrogen-bond acceptors (Lipinski definition) is 8. The highest BCUT2D eigenvalue weighted by Crippen LogP contribution is 2.20. The van der Waals surface area contributed by atoms with Crippen LogP contribution < -0.4 is 5.11 Å². The number of carboxylic acid groups (broad SMARTS) is 1. The maximum absolute atomic E-state index is 12.9. The second-order valence-electron chi connectivity index (χ2n) is 25.5. The number of carbonyl (C=O) groups excluding carboxylic acids is 3. The van der Waals surface area contributed by atoms with Gasteiger partial charge in [-0.05, 0) is 12.8 Å². The molecular formula is C70H137NO8. The van der Waals surface area contributed by atoms with Crippen LogP contribution in [0, 0.1) is 0 Å². The Morgan fingerprint density at radius 1 is 0.329 bits per heavy atom. The van der Waals surface area contributed by atoms with Gasteiger partial charge in [-0.2, -0.15) is 0 Å². The van der Waals surface area contributed by atoms with Crippen molar-refractivity contribution in [1.82, 2.24) is 0 Å². The van der Waals surface area contributed by atoms with Gasteiger partial charge in [-0.3, -0.25) is 9.59 Å². The third kappa shape index (κ3) is 63.7. The monoisotopic (exact) mass is 1120 g/mol. The third-order valence-electron chi connectivity index (χ3n) is 16.4. The first-order valence-electron chi connectivity index (χ1n) is 35.2. The molecule has 0 spiro atoms. The van der Waals surface area contributed by atoms with Crippen LogP contribution in [-0.4, -0.2) is 82.3 Å². The molecule has 0 aromatic carbocycles. The van der Waals surface area contributed by atoms with E-state index in [1.807, 2.05) is 21.1 Å². The normalized spacial score (nSPS) is 12.6. The molecule has 0 radical (unpaired) electrons. The molecule has 79 heavy (non-hydrogen) atoms. The smallest absolute Gasteiger partial charge is 0.306 e. The molecule has 0 rings (SSSR count). The molecule has 0 fully saturated rings. The summed E-state index contributed by atoms with van der Waals surface area (Å²) in [5, 5.41) is 11.8. The highest BCUT2D eigenvalue weighted by Gasteiger charge is 2.22. The summed E-state index contributed by atoms with van der Waals surface area (Å²) in [7, 11) is 5.95. The summed E-state index contributed by atoms with van der Waals surface area (Å²) >= 11 is 0. The molecule has 0 saturated carbocycles. The first kappa shape index (κ1) is 77.3. The first-order chi connectivity index (χ1) is 38.6. The Kier molecular flexibility index (Phi) is 61.0. The van der Waals surface area contributed by atoms with E-state index in [1.54, 1.807) is 0 Å². The number of carbonyl (C=O) groups is 3. The maximum atomic E-state index is 12.9. The number of carboxylic acids is 1. The van der Waals surface area contributed by atoms with E-state index in [4.69, 9.17) is 18.9 Å². The van der Waals surface area contributed by atoms with Crippen molar-refractivity contribution in [1.29, 1.82) is 0 Å². The maximum Gasteiger partial charge on any atom is 0.306 e. The SMILES string of the molecule is CCCCCCCCCCCCCCCCCCCCCCCCCCCCCCCCCCC(=O)OC(COC(=O)CCCCCCCCCCCCCCCCCCCCCCCC)COC(OCC[N+](C)(C)C)C(=O)[O-]. The fourth-order valence-electron chi connectivity index (χ4n) is 11.0. The molecule has 0 bridgehead atoms. The van der Waals surface area contributed by atoms with Crippen molar-refractivity contribution in [2.75, 3.05) is 47.5 Å². The largest absolute Gasteiger partial charge is 0.545 e. The molecule has 0 amide bonds. The number of aliphatic carboxylic acids is 1. The zero-order chi connectivity index (χ0) is 57.6. The quantitative estimate of drug-likeness (QED) is 0.0256. The minimum Gasteiger partial charge on any atom is -0.545 e. The van der Waals surface area contributed by atoms with Gasteiger partial charge in [0.2, 0.25) is 0 Å². The predicted octanol–water partition coefficient (Wildman–Crippen LogP) is 20.1. The second-order valence-corrected chi connectivity index (χ2v) is 25.5. The summed E-state index contributed by atoms with van der Waals surface area (Å²) in [6.07, 6.45) is 70.5. The highest BCUT2D eigenvalue weighted by molar-refractivity contribution is 5.70. The van der Waals surface area contributed by atoms with Gasteiger partial charge >= 0.3 is 11.9 Å². The Bertz CT molecular complexity index is 1260. The molecule has 9 nitrogen and oxygen atoms in total. The molecule has 470 valence electrons. The topological polar surface area (TPSA) is 111 Å². The Morgan fingerprint density at radius 3 is 0.810 bits per heavy atom. The van der Waals surface area contributed by atoms with Crippen molar-refractivity contribution in [3.63, 3.8) is 0 Å². The number of rotatable bonds is 67. The van der Waals surface area contributed by atoms with E-state index in [2.05, 4.69) is 13.8 Å². The van der Waals surface area contributed by atoms with Crippen molar-refractivity contribution >= 4 is 17.9 Å². The molecule has 0 aliphatic heterocycles. The lowest BCUT2D eigenvalue weighted by Crippen LogP contribution is -2.44. The van der Waals surface area contributed by atoms with Crippen molar-refractivity contribution in [3.8, 4) is 0 Å². The van der Waals surface area contributed by atoms with Crippen molar-refractivity contribution in [2.45, 2.75) is 386 Å². The number of ether oxygens (including phenoxy) is 4. The molecule has 0 saturated heterocycles.